The lowest BCUT2D eigenvalue weighted by molar-refractivity contribution is -0.187. The highest BCUT2D eigenvalue weighted by atomic mass is 16.6. The molecule has 0 aromatic rings. The molecular weight excluding hydrogens is 312 g/mol. The van der Waals surface area contributed by atoms with E-state index in [1.807, 2.05) is 6.92 Å². The van der Waals surface area contributed by atoms with Gasteiger partial charge in [0.2, 0.25) is 0 Å². The summed E-state index contributed by atoms with van der Waals surface area (Å²) in [6.07, 6.45) is 2.52. The predicted octanol–water partition coefficient (Wildman–Crippen LogP) is 1.60. The van der Waals surface area contributed by atoms with Crippen LogP contribution in [0, 0.1) is 27.6 Å². The molecule has 1 spiro atoms. The topological polar surface area (TPSA) is 78.9 Å². The number of carbonyl (C=O) groups is 3. The summed E-state index contributed by atoms with van der Waals surface area (Å²) in [5, 5.41) is 0. The van der Waals surface area contributed by atoms with Crippen LogP contribution < -0.4 is 0 Å². The van der Waals surface area contributed by atoms with Gasteiger partial charge in [-0.15, -0.1) is 0 Å². The summed E-state index contributed by atoms with van der Waals surface area (Å²) >= 11 is 0. The number of methoxy groups -OCH3 is 1. The van der Waals surface area contributed by atoms with Crippen molar-refractivity contribution in [3.63, 3.8) is 0 Å². The second kappa shape index (κ2) is 3.81. The Balaban J connectivity index is 1.79. The first-order valence-electron chi connectivity index (χ1n) is 8.78. The van der Waals surface area contributed by atoms with E-state index in [1.54, 1.807) is 0 Å². The van der Waals surface area contributed by atoms with Crippen LogP contribution in [0.5, 0.6) is 0 Å². The highest BCUT2D eigenvalue weighted by Gasteiger charge is 2.91. The highest BCUT2D eigenvalue weighted by Crippen LogP contribution is 2.85. The van der Waals surface area contributed by atoms with Gasteiger partial charge in [0.25, 0.3) is 0 Å². The van der Waals surface area contributed by atoms with Gasteiger partial charge in [-0.25, -0.2) is 0 Å². The molecule has 5 fully saturated rings. The molecule has 0 amide bonds. The maximum Gasteiger partial charge on any atom is 0.324 e. The number of esters is 3. The molecule has 3 aliphatic carbocycles. The minimum absolute atomic E-state index is 0.213. The van der Waals surface area contributed by atoms with E-state index in [1.165, 1.54) is 7.11 Å². The van der Waals surface area contributed by atoms with Crippen LogP contribution in [0.3, 0.4) is 0 Å². The van der Waals surface area contributed by atoms with Gasteiger partial charge in [0.05, 0.1) is 7.11 Å². The fourth-order valence-electron chi connectivity index (χ4n) is 7.73. The zero-order valence-corrected chi connectivity index (χ0v) is 14.2. The van der Waals surface area contributed by atoms with Crippen molar-refractivity contribution in [2.45, 2.75) is 58.2 Å². The molecule has 6 heteroatoms. The third-order valence-electron chi connectivity index (χ3n) is 8.83. The van der Waals surface area contributed by atoms with Crippen LogP contribution in [0.2, 0.25) is 0 Å². The van der Waals surface area contributed by atoms with Crippen molar-refractivity contribution >= 4 is 17.9 Å². The molecule has 2 heterocycles. The molecule has 0 aromatic heterocycles. The quantitative estimate of drug-likeness (QED) is 0.412. The Labute approximate surface area is 140 Å². The summed E-state index contributed by atoms with van der Waals surface area (Å²) in [6.45, 7) is 4.19. The summed E-state index contributed by atoms with van der Waals surface area (Å²) in [7, 11) is 1.33. The Morgan fingerprint density at radius 1 is 1.12 bits per heavy atom. The number of rotatable bonds is 1. The van der Waals surface area contributed by atoms with E-state index in [0.29, 0.717) is 12.8 Å². The SMILES string of the molecule is COC(=O)[C@]12CCC34CC[C@H]5CC(=O)O[C@@H]([C@H](OC1=O)[C@@]32C)[C@]54C. The fraction of sp³-hybridized carbons (Fsp3) is 0.833. The molecule has 0 N–H and O–H groups in total. The van der Waals surface area contributed by atoms with E-state index in [9.17, 15) is 14.4 Å². The molecule has 0 bridgehead atoms. The Bertz CT molecular complexity index is 702. The average Bonchev–Trinajstić information content (AvgIpc) is 3.13. The van der Waals surface area contributed by atoms with Gasteiger partial charge in [-0.3, -0.25) is 14.4 Å². The maximum absolute atomic E-state index is 12.8. The first-order valence-corrected chi connectivity index (χ1v) is 8.78. The van der Waals surface area contributed by atoms with E-state index < -0.39 is 35.0 Å². The van der Waals surface area contributed by atoms with Crippen molar-refractivity contribution in [3.8, 4) is 0 Å². The van der Waals surface area contributed by atoms with Gasteiger partial charge in [0, 0.05) is 17.3 Å². The van der Waals surface area contributed by atoms with E-state index in [-0.39, 0.29) is 22.7 Å². The van der Waals surface area contributed by atoms with E-state index >= 15 is 0 Å². The van der Waals surface area contributed by atoms with Crippen molar-refractivity contribution in [3.05, 3.63) is 0 Å². The maximum atomic E-state index is 12.8. The molecule has 6 nitrogen and oxygen atoms in total. The molecule has 0 aromatic carbocycles. The third kappa shape index (κ3) is 1.03. The largest absolute Gasteiger partial charge is 0.468 e. The fourth-order valence-corrected chi connectivity index (χ4v) is 7.73. The number of fused-ring (bicyclic) bond motifs is 1. The van der Waals surface area contributed by atoms with Gasteiger partial charge < -0.3 is 14.2 Å². The van der Waals surface area contributed by atoms with Crippen molar-refractivity contribution in [1.82, 2.24) is 0 Å². The number of carbonyl (C=O) groups excluding carboxylic acids is 3. The molecule has 24 heavy (non-hydrogen) atoms. The van der Waals surface area contributed by atoms with Gasteiger partial charge >= 0.3 is 17.9 Å². The molecule has 0 radical (unpaired) electrons. The van der Waals surface area contributed by atoms with Crippen molar-refractivity contribution in [2.24, 2.45) is 27.6 Å². The number of hydrogen-bond acceptors (Lipinski definition) is 6. The average molecular weight is 334 g/mol. The normalized spacial score (nSPS) is 56.5. The van der Waals surface area contributed by atoms with Crippen LogP contribution in [0.4, 0.5) is 0 Å². The van der Waals surface area contributed by atoms with Crippen molar-refractivity contribution in [1.29, 1.82) is 0 Å². The lowest BCUT2D eigenvalue weighted by Gasteiger charge is -2.48. The molecular formula is C18H22O6. The summed E-state index contributed by atoms with van der Waals surface area (Å²) < 4.78 is 16.6. The molecule has 7 atom stereocenters. The van der Waals surface area contributed by atoms with Crippen LogP contribution >= 0.6 is 0 Å². The molecule has 5 rings (SSSR count). The van der Waals surface area contributed by atoms with Crippen LogP contribution in [-0.4, -0.2) is 37.2 Å². The first kappa shape index (κ1) is 14.7. The smallest absolute Gasteiger partial charge is 0.324 e. The Kier molecular flexibility index (Phi) is 2.34. The zero-order chi connectivity index (χ0) is 17.1. The van der Waals surface area contributed by atoms with Gasteiger partial charge in [-0.2, -0.15) is 0 Å². The van der Waals surface area contributed by atoms with E-state index in [4.69, 9.17) is 14.2 Å². The Hall–Kier alpha value is -1.59. The van der Waals surface area contributed by atoms with Crippen molar-refractivity contribution < 1.29 is 28.6 Å². The second-order valence-electron chi connectivity index (χ2n) is 8.64. The molecule has 3 saturated carbocycles. The van der Waals surface area contributed by atoms with E-state index in [0.717, 1.165) is 19.3 Å². The monoisotopic (exact) mass is 334 g/mol. The number of hydrogen-bond donors (Lipinski definition) is 0. The van der Waals surface area contributed by atoms with Gasteiger partial charge in [-0.05, 0) is 37.0 Å². The standard InChI is InChI=1S/C18H22O6/c1-15-9-4-5-17(15)6-7-18(13(20)22-3)14(21)24-12(16(17,18)2)11(15)23-10(19)8-9/h9,11-12H,4-8H2,1-3H3/t9-,11-,12-,15-,16-,17?,18+/m0/s1. The lowest BCUT2D eigenvalue weighted by atomic mass is 9.54. The van der Waals surface area contributed by atoms with Gasteiger partial charge in [0.15, 0.2) is 5.41 Å². The molecule has 130 valence electrons. The van der Waals surface area contributed by atoms with Crippen LogP contribution in [0.15, 0.2) is 0 Å². The van der Waals surface area contributed by atoms with Crippen LogP contribution in [0.1, 0.15) is 46.0 Å². The van der Waals surface area contributed by atoms with Crippen LogP contribution in [-0.2, 0) is 28.6 Å². The predicted molar refractivity (Wildman–Crippen MR) is 79.4 cm³/mol. The van der Waals surface area contributed by atoms with Gasteiger partial charge in [0.1, 0.15) is 12.2 Å². The van der Waals surface area contributed by atoms with Crippen LogP contribution in [0.25, 0.3) is 0 Å². The number of ether oxygens (including phenoxy) is 3. The summed E-state index contributed by atoms with van der Waals surface area (Å²) in [4.78, 5) is 37.7. The zero-order valence-electron chi connectivity index (χ0n) is 14.2. The second-order valence-corrected chi connectivity index (χ2v) is 8.64. The third-order valence-corrected chi connectivity index (χ3v) is 8.83. The minimum Gasteiger partial charge on any atom is -0.468 e. The first-order chi connectivity index (χ1) is 11.3. The molecule has 2 saturated heterocycles. The van der Waals surface area contributed by atoms with Crippen molar-refractivity contribution in [2.75, 3.05) is 7.11 Å². The Morgan fingerprint density at radius 3 is 2.58 bits per heavy atom. The summed E-state index contributed by atoms with van der Waals surface area (Å²) in [6, 6.07) is 0. The summed E-state index contributed by atoms with van der Waals surface area (Å²) in [5.41, 5.74) is -2.39. The highest BCUT2D eigenvalue weighted by molar-refractivity contribution is 6.04. The van der Waals surface area contributed by atoms with E-state index in [2.05, 4.69) is 6.92 Å². The lowest BCUT2D eigenvalue weighted by Crippen LogP contribution is -2.52. The molecule has 1 unspecified atom stereocenters. The molecule has 2 aliphatic heterocycles. The molecule has 5 aliphatic rings. The minimum atomic E-state index is -1.26. The van der Waals surface area contributed by atoms with Gasteiger partial charge in [-0.1, -0.05) is 13.8 Å². The Morgan fingerprint density at radius 2 is 1.88 bits per heavy atom. The summed E-state index contributed by atoms with van der Waals surface area (Å²) in [5.74, 6) is -0.967.